The maximum absolute atomic E-state index is 10.4. The molecule has 0 aliphatic carbocycles. The van der Waals surface area contributed by atoms with E-state index in [-0.39, 0.29) is 6.42 Å². The third kappa shape index (κ3) is 2.12. The minimum atomic E-state index is -1.46. The molecule has 58 valence electrons. The van der Waals surface area contributed by atoms with Crippen LogP contribution >= 0.6 is 0 Å². The first kappa shape index (κ1) is 8.91. The molecule has 0 spiro atoms. The second-order valence-corrected chi connectivity index (χ2v) is 11.0. The van der Waals surface area contributed by atoms with Crippen LogP contribution in [0.15, 0.2) is 18.8 Å². The Morgan fingerprint density at radius 2 is 2.36 bits per heavy atom. The first-order chi connectivity index (χ1) is 5.11. The molecule has 1 rings (SSSR count). The summed E-state index contributed by atoms with van der Waals surface area (Å²) in [7, 11) is 0. The molecule has 1 heterocycles. The molecular weight excluding hydrogens is 243 g/mol. The molecule has 3 heteroatoms. The summed E-state index contributed by atoms with van der Waals surface area (Å²) in [6, 6.07) is 0. The number of rotatable bonds is 2. The van der Waals surface area contributed by atoms with Crippen LogP contribution in [0.25, 0.3) is 0 Å². The van der Waals surface area contributed by atoms with Crippen molar-refractivity contribution in [3.63, 3.8) is 0 Å². The Kier molecular flexibility index (Phi) is 2.82. The van der Waals surface area contributed by atoms with Gasteiger partial charge in [-0.05, 0) is 0 Å². The van der Waals surface area contributed by atoms with Crippen molar-refractivity contribution in [2.45, 2.75) is 18.0 Å². The molecule has 0 saturated carbocycles. The fraction of sp³-hybridized carbons (Fsp3) is 0.375. The maximum atomic E-state index is 10.4. The van der Waals surface area contributed by atoms with Gasteiger partial charge in [0.05, 0.1) is 0 Å². The Morgan fingerprint density at radius 1 is 1.73 bits per heavy atom. The van der Waals surface area contributed by atoms with E-state index < -0.39 is 27.4 Å². The van der Waals surface area contributed by atoms with Crippen LogP contribution in [0.4, 0.5) is 0 Å². The summed E-state index contributed by atoms with van der Waals surface area (Å²) >= 11 is -1.46. The Bertz CT molecular complexity index is 240. The second-order valence-electron chi connectivity index (χ2n) is 2.93. The Morgan fingerprint density at radius 3 is 2.73 bits per heavy atom. The van der Waals surface area contributed by atoms with Gasteiger partial charge in [0, 0.05) is 0 Å². The molecule has 0 aromatic rings. The van der Waals surface area contributed by atoms with E-state index in [1.807, 2.05) is 6.08 Å². The summed E-state index contributed by atoms with van der Waals surface area (Å²) in [5.41, 5.74) is 1.06. The predicted molar refractivity (Wildman–Crippen MR) is 45.7 cm³/mol. The molecular formula is C8H11InO2. The van der Waals surface area contributed by atoms with Crippen LogP contribution < -0.4 is 0 Å². The zero-order valence-corrected chi connectivity index (χ0v) is 10.1. The molecule has 1 aliphatic rings. The van der Waals surface area contributed by atoms with Gasteiger partial charge in [-0.2, -0.15) is 0 Å². The molecule has 0 atom stereocenters. The van der Waals surface area contributed by atoms with Gasteiger partial charge < -0.3 is 0 Å². The van der Waals surface area contributed by atoms with Gasteiger partial charge in [-0.3, -0.25) is 0 Å². The van der Waals surface area contributed by atoms with Crippen LogP contribution in [-0.2, 0) is 4.79 Å². The van der Waals surface area contributed by atoms with E-state index >= 15 is 0 Å². The molecule has 0 unspecified atom stereocenters. The average Bonchev–Trinajstić information content (AvgIpc) is 2.18. The molecule has 0 aromatic heterocycles. The van der Waals surface area contributed by atoms with Gasteiger partial charge >= 0.3 is 74.1 Å². The molecule has 1 aliphatic heterocycles. The van der Waals surface area contributed by atoms with E-state index in [9.17, 15) is 4.79 Å². The van der Waals surface area contributed by atoms with Gasteiger partial charge in [-0.15, -0.1) is 0 Å². The molecule has 0 fully saturated rings. The monoisotopic (exact) mass is 254 g/mol. The van der Waals surface area contributed by atoms with Crippen LogP contribution in [0.1, 0.15) is 13.3 Å². The molecule has 1 N–H and O–H groups in total. The average molecular weight is 254 g/mol. The zero-order valence-electron chi connectivity index (χ0n) is 6.79. The Labute approximate surface area is 74.1 Å². The summed E-state index contributed by atoms with van der Waals surface area (Å²) in [5, 5.41) is 8.53. The van der Waals surface area contributed by atoms with Crippen molar-refractivity contribution in [2.24, 2.45) is 0 Å². The molecule has 0 aromatic carbocycles. The standard InChI is InChI=1S/C7H8O2.CH3.In/c1-3-6(4-2)5-7(8)9;;/h1,3H,5H2,2H3,(H,8,9);1H3;. The third-order valence-electron chi connectivity index (χ3n) is 2.12. The fourth-order valence-corrected chi connectivity index (χ4v) is 5.74. The summed E-state index contributed by atoms with van der Waals surface area (Å²) < 4.78 is 5.92. The normalized spacial score (nSPS) is 16.4. The number of hydrogen-bond acceptors (Lipinski definition) is 1. The van der Waals surface area contributed by atoms with E-state index in [4.69, 9.17) is 5.11 Å². The van der Waals surface area contributed by atoms with Gasteiger partial charge in [-0.1, -0.05) is 0 Å². The van der Waals surface area contributed by atoms with E-state index in [0.29, 0.717) is 0 Å². The van der Waals surface area contributed by atoms with Crippen molar-refractivity contribution >= 4 is 27.4 Å². The summed E-state index contributed by atoms with van der Waals surface area (Å²) in [6.45, 7) is 2.08. The molecule has 11 heavy (non-hydrogen) atoms. The first-order valence-electron chi connectivity index (χ1n) is 3.71. The quantitative estimate of drug-likeness (QED) is 0.811. The summed E-state index contributed by atoms with van der Waals surface area (Å²) in [4.78, 5) is 10.4. The summed E-state index contributed by atoms with van der Waals surface area (Å²) in [5.74, 6) is -0.718. The number of carboxylic acid groups (broad SMARTS) is 1. The SMILES string of the molecule is C[C]1=C(CC(=O)O)C=[CH][In]1[CH3]. The number of allylic oxidation sites excluding steroid dienone is 2. The minimum absolute atomic E-state index is 0.212. The van der Waals surface area contributed by atoms with Crippen LogP contribution in [0.5, 0.6) is 0 Å². The Balaban J connectivity index is 2.72. The Hall–Kier alpha value is -0.180. The van der Waals surface area contributed by atoms with Crippen LogP contribution in [0.2, 0.25) is 4.68 Å². The van der Waals surface area contributed by atoms with Crippen molar-refractivity contribution in [2.75, 3.05) is 0 Å². The third-order valence-corrected chi connectivity index (χ3v) is 9.27. The van der Waals surface area contributed by atoms with Crippen LogP contribution in [-0.4, -0.2) is 32.5 Å². The fourth-order valence-electron chi connectivity index (χ4n) is 1.19. The van der Waals surface area contributed by atoms with Crippen molar-refractivity contribution in [1.29, 1.82) is 0 Å². The molecule has 2 nitrogen and oxygen atoms in total. The van der Waals surface area contributed by atoms with Gasteiger partial charge in [0.1, 0.15) is 0 Å². The number of aliphatic carboxylic acids is 1. The van der Waals surface area contributed by atoms with Crippen molar-refractivity contribution in [3.05, 3.63) is 18.8 Å². The molecule has 0 bridgehead atoms. The number of carboxylic acids is 1. The van der Waals surface area contributed by atoms with Crippen molar-refractivity contribution < 1.29 is 9.90 Å². The second kappa shape index (κ2) is 3.48. The van der Waals surface area contributed by atoms with Crippen molar-refractivity contribution in [3.8, 4) is 0 Å². The first-order valence-corrected chi connectivity index (χ1v) is 10.6. The molecule has 0 radical (unpaired) electrons. The summed E-state index contributed by atoms with van der Waals surface area (Å²) in [6.07, 6.45) is 2.22. The molecule has 0 saturated heterocycles. The van der Waals surface area contributed by atoms with Crippen LogP contribution in [0.3, 0.4) is 0 Å². The number of hydrogen-bond donors (Lipinski definition) is 1. The van der Waals surface area contributed by atoms with E-state index in [1.54, 1.807) is 0 Å². The topological polar surface area (TPSA) is 37.3 Å². The van der Waals surface area contributed by atoms with E-state index in [0.717, 1.165) is 5.57 Å². The van der Waals surface area contributed by atoms with Gasteiger partial charge in [0.2, 0.25) is 0 Å². The van der Waals surface area contributed by atoms with E-state index in [1.165, 1.54) is 3.33 Å². The van der Waals surface area contributed by atoms with Crippen molar-refractivity contribution in [1.82, 2.24) is 0 Å². The zero-order chi connectivity index (χ0) is 8.43. The van der Waals surface area contributed by atoms with E-state index in [2.05, 4.69) is 15.4 Å². The predicted octanol–water partition coefficient (Wildman–Crippen LogP) is 1.55. The van der Waals surface area contributed by atoms with Gasteiger partial charge in [0.25, 0.3) is 0 Å². The van der Waals surface area contributed by atoms with Gasteiger partial charge in [-0.25, -0.2) is 0 Å². The van der Waals surface area contributed by atoms with Gasteiger partial charge in [0.15, 0.2) is 0 Å². The molecule has 0 amide bonds. The van der Waals surface area contributed by atoms with Crippen LogP contribution in [0, 0.1) is 0 Å². The number of carbonyl (C=O) groups is 1.